The van der Waals surface area contributed by atoms with E-state index >= 15 is 0 Å². The topological polar surface area (TPSA) is 57.6 Å². The molecule has 1 N–H and O–H groups in total. The summed E-state index contributed by atoms with van der Waals surface area (Å²) in [4.78, 5) is 0. The van der Waals surface area contributed by atoms with Crippen molar-refractivity contribution in [3.05, 3.63) is 0 Å². The normalized spacial score (nSPS) is 43.2. The van der Waals surface area contributed by atoms with E-state index < -0.39 is 10.0 Å². The molecule has 3 aliphatic rings. The van der Waals surface area contributed by atoms with Gasteiger partial charge in [0, 0.05) is 19.7 Å². The van der Waals surface area contributed by atoms with Gasteiger partial charge in [0.1, 0.15) is 0 Å². The lowest BCUT2D eigenvalue weighted by Gasteiger charge is -2.37. The zero-order chi connectivity index (χ0) is 13.7. The highest BCUT2D eigenvalue weighted by Crippen LogP contribution is 2.61. The van der Waals surface area contributed by atoms with Crippen LogP contribution < -0.4 is 0 Å². The number of fused-ring (bicyclic) bond motifs is 1. The minimum absolute atomic E-state index is 0.110. The maximum absolute atomic E-state index is 11.7. The van der Waals surface area contributed by atoms with Crippen molar-refractivity contribution in [1.82, 2.24) is 4.31 Å². The lowest BCUT2D eigenvalue weighted by Crippen LogP contribution is -2.41. The average molecular weight is 287 g/mol. The third-order valence-electron chi connectivity index (χ3n) is 5.47. The van der Waals surface area contributed by atoms with E-state index in [1.165, 1.54) is 25.5 Å². The molecule has 5 heteroatoms. The maximum Gasteiger partial charge on any atom is 0.211 e. The number of nitrogens with zero attached hydrogens (tertiary/aromatic N) is 1. The Labute approximate surface area is 116 Å². The molecule has 0 spiro atoms. The molecule has 0 amide bonds. The van der Waals surface area contributed by atoms with Gasteiger partial charge in [0.05, 0.1) is 6.26 Å². The van der Waals surface area contributed by atoms with Gasteiger partial charge in [-0.15, -0.1) is 0 Å². The van der Waals surface area contributed by atoms with Crippen LogP contribution in [-0.2, 0) is 10.0 Å². The Morgan fingerprint density at radius 3 is 2.58 bits per heavy atom. The molecule has 0 bridgehead atoms. The molecule has 3 atom stereocenters. The summed E-state index contributed by atoms with van der Waals surface area (Å²) in [7, 11) is -3.05. The predicted octanol–water partition coefficient (Wildman–Crippen LogP) is 1.46. The van der Waals surface area contributed by atoms with Gasteiger partial charge >= 0.3 is 0 Å². The molecule has 0 aromatic heterocycles. The first-order chi connectivity index (χ1) is 8.92. The van der Waals surface area contributed by atoms with E-state index in [-0.39, 0.29) is 12.0 Å². The van der Waals surface area contributed by atoms with E-state index in [2.05, 4.69) is 0 Å². The number of aliphatic hydroxyl groups is 1. The molecular weight excluding hydrogens is 262 g/mol. The lowest BCUT2D eigenvalue weighted by atomic mass is 9.74. The Kier molecular flexibility index (Phi) is 3.43. The van der Waals surface area contributed by atoms with Crippen molar-refractivity contribution < 1.29 is 13.5 Å². The molecule has 4 nitrogen and oxygen atoms in total. The van der Waals surface area contributed by atoms with Gasteiger partial charge in [-0.3, -0.25) is 0 Å². The molecular formula is C14H25NO3S. The molecule has 2 saturated carbocycles. The minimum Gasteiger partial charge on any atom is -0.396 e. The van der Waals surface area contributed by atoms with Crippen molar-refractivity contribution in [2.24, 2.45) is 23.2 Å². The second-order valence-electron chi connectivity index (χ2n) is 7.16. The molecule has 0 radical (unpaired) electrons. The van der Waals surface area contributed by atoms with Crippen LogP contribution in [-0.4, -0.2) is 43.8 Å². The van der Waals surface area contributed by atoms with Crippen molar-refractivity contribution in [2.45, 2.75) is 38.5 Å². The van der Waals surface area contributed by atoms with Gasteiger partial charge in [0.25, 0.3) is 0 Å². The predicted molar refractivity (Wildman–Crippen MR) is 74.1 cm³/mol. The van der Waals surface area contributed by atoms with Crippen LogP contribution in [0.5, 0.6) is 0 Å². The summed E-state index contributed by atoms with van der Waals surface area (Å²) in [5.41, 5.74) is 0.110. The van der Waals surface area contributed by atoms with E-state index in [0.717, 1.165) is 31.1 Å². The van der Waals surface area contributed by atoms with Crippen LogP contribution in [0.2, 0.25) is 0 Å². The standard InChI is InChI=1S/C14H25NO3S/c1-19(17,18)15-4-2-3-11(9-15)6-14(10-16)7-12-5-13(12)8-14/h11-13,16H,2-10H2,1H3. The van der Waals surface area contributed by atoms with Gasteiger partial charge in [-0.25, -0.2) is 12.7 Å². The van der Waals surface area contributed by atoms with Crippen LogP contribution in [0.25, 0.3) is 0 Å². The molecule has 1 aliphatic heterocycles. The highest BCUT2D eigenvalue weighted by atomic mass is 32.2. The fraction of sp³-hybridized carbons (Fsp3) is 1.00. The van der Waals surface area contributed by atoms with Crippen molar-refractivity contribution in [3.8, 4) is 0 Å². The highest BCUT2D eigenvalue weighted by molar-refractivity contribution is 7.88. The maximum atomic E-state index is 11.7. The van der Waals surface area contributed by atoms with Crippen LogP contribution in [0.3, 0.4) is 0 Å². The van der Waals surface area contributed by atoms with Gasteiger partial charge < -0.3 is 5.11 Å². The summed E-state index contributed by atoms with van der Waals surface area (Å²) in [5, 5.41) is 9.78. The molecule has 0 aromatic carbocycles. The van der Waals surface area contributed by atoms with E-state index in [0.29, 0.717) is 19.0 Å². The molecule has 19 heavy (non-hydrogen) atoms. The Bertz CT molecular complexity index is 438. The highest BCUT2D eigenvalue weighted by Gasteiger charge is 2.53. The Hall–Kier alpha value is -0.130. The molecule has 3 unspecified atom stereocenters. The number of aliphatic hydroxyl groups excluding tert-OH is 1. The number of hydrogen-bond acceptors (Lipinski definition) is 3. The Morgan fingerprint density at radius 1 is 1.32 bits per heavy atom. The van der Waals surface area contributed by atoms with Gasteiger partial charge in [0.2, 0.25) is 10.0 Å². The lowest BCUT2D eigenvalue weighted by molar-refractivity contribution is 0.0752. The van der Waals surface area contributed by atoms with Gasteiger partial charge in [0.15, 0.2) is 0 Å². The van der Waals surface area contributed by atoms with Crippen LogP contribution in [0.4, 0.5) is 0 Å². The van der Waals surface area contributed by atoms with E-state index in [4.69, 9.17) is 0 Å². The Morgan fingerprint density at radius 2 is 2.00 bits per heavy atom. The average Bonchev–Trinajstić information content (AvgIpc) is 2.97. The summed E-state index contributed by atoms with van der Waals surface area (Å²) in [6.07, 6.45) is 8.11. The zero-order valence-electron chi connectivity index (χ0n) is 11.7. The number of piperidine rings is 1. The number of rotatable bonds is 4. The molecule has 0 aromatic rings. The summed E-state index contributed by atoms with van der Waals surface area (Å²) < 4.78 is 24.9. The second kappa shape index (κ2) is 4.71. The molecule has 2 aliphatic carbocycles. The summed E-state index contributed by atoms with van der Waals surface area (Å²) in [6, 6.07) is 0. The minimum atomic E-state index is -3.05. The van der Waals surface area contributed by atoms with Crippen molar-refractivity contribution in [1.29, 1.82) is 0 Å². The molecule has 110 valence electrons. The number of hydrogen-bond donors (Lipinski definition) is 1. The van der Waals surface area contributed by atoms with E-state index in [9.17, 15) is 13.5 Å². The van der Waals surface area contributed by atoms with Crippen LogP contribution in [0.1, 0.15) is 38.5 Å². The molecule has 3 fully saturated rings. The van der Waals surface area contributed by atoms with E-state index in [1.807, 2.05) is 0 Å². The van der Waals surface area contributed by atoms with Gasteiger partial charge in [-0.2, -0.15) is 0 Å². The Balaban J connectivity index is 1.63. The largest absolute Gasteiger partial charge is 0.396 e. The summed E-state index contributed by atoms with van der Waals surface area (Å²) >= 11 is 0. The van der Waals surface area contributed by atoms with Crippen LogP contribution in [0.15, 0.2) is 0 Å². The SMILES string of the molecule is CS(=O)(=O)N1CCCC(CC2(CO)CC3CC3C2)C1. The monoisotopic (exact) mass is 287 g/mol. The summed E-state index contributed by atoms with van der Waals surface area (Å²) in [5.74, 6) is 2.16. The van der Waals surface area contributed by atoms with Crippen molar-refractivity contribution >= 4 is 10.0 Å². The van der Waals surface area contributed by atoms with Crippen LogP contribution in [0, 0.1) is 23.2 Å². The quantitative estimate of drug-likeness (QED) is 0.851. The molecule has 1 heterocycles. The first-order valence-corrected chi connectivity index (χ1v) is 9.33. The van der Waals surface area contributed by atoms with Crippen molar-refractivity contribution in [3.63, 3.8) is 0 Å². The van der Waals surface area contributed by atoms with E-state index in [1.54, 1.807) is 4.31 Å². The third kappa shape index (κ3) is 2.83. The van der Waals surface area contributed by atoms with Gasteiger partial charge in [-0.1, -0.05) is 0 Å². The first-order valence-electron chi connectivity index (χ1n) is 7.48. The second-order valence-corrected chi connectivity index (χ2v) is 9.14. The smallest absolute Gasteiger partial charge is 0.211 e. The fourth-order valence-corrected chi connectivity index (χ4v) is 5.42. The zero-order valence-corrected chi connectivity index (χ0v) is 12.5. The first kappa shape index (κ1) is 13.8. The van der Waals surface area contributed by atoms with Crippen LogP contribution >= 0.6 is 0 Å². The third-order valence-corrected chi connectivity index (χ3v) is 6.74. The molecule has 3 rings (SSSR count). The number of sulfonamides is 1. The van der Waals surface area contributed by atoms with Crippen molar-refractivity contribution in [2.75, 3.05) is 26.0 Å². The summed E-state index contributed by atoms with van der Waals surface area (Å²) in [6.45, 7) is 1.62. The van der Waals surface area contributed by atoms with Gasteiger partial charge in [-0.05, 0) is 61.7 Å². The fourth-order valence-electron chi connectivity index (χ4n) is 4.47. The molecule has 1 saturated heterocycles.